The summed E-state index contributed by atoms with van der Waals surface area (Å²) in [6, 6.07) is 0. The Hall–Kier alpha value is -2.37. The van der Waals surface area contributed by atoms with E-state index < -0.39 is 6.10 Å². The quantitative estimate of drug-likeness (QED) is 0.0261. The van der Waals surface area contributed by atoms with Gasteiger partial charge in [-0.15, -0.1) is 0 Å². The lowest BCUT2D eigenvalue weighted by molar-refractivity contribution is -0.167. The van der Waals surface area contributed by atoms with Crippen molar-refractivity contribution in [3.8, 4) is 0 Å². The van der Waals surface area contributed by atoms with Gasteiger partial charge in [0.05, 0.1) is 0 Å². The first-order chi connectivity index (χ1) is 35.5. The first-order valence-electron chi connectivity index (χ1n) is 32.0. The van der Waals surface area contributed by atoms with Gasteiger partial charge in [0.1, 0.15) is 13.2 Å². The molecule has 0 aliphatic rings. The van der Waals surface area contributed by atoms with Crippen LogP contribution in [0.1, 0.15) is 348 Å². The van der Waals surface area contributed by atoms with Crippen molar-refractivity contribution in [3.05, 3.63) is 36.5 Å². The van der Waals surface area contributed by atoms with E-state index in [9.17, 15) is 14.4 Å². The summed E-state index contributed by atoms with van der Waals surface area (Å²) < 4.78 is 16.9. The van der Waals surface area contributed by atoms with Crippen molar-refractivity contribution in [2.45, 2.75) is 354 Å². The maximum absolute atomic E-state index is 12.9. The summed E-state index contributed by atoms with van der Waals surface area (Å²) in [5.41, 5.74) is 0. The highest BCUT2D eigenvalue weighted by Gasteiger charge is 2.19. The Bertz CT molecular complexity index is 1210. The van der Waals surface area contributed by atoms with Gasteiger partial charge in [0, 0.05) is 19.3 Å². The number of esters is 3. The minimum atomic E-state index is -0.780. The number of hydrogen-bond acceptors (Lipinski definition) is 6. The molecule has 0 heterocycles. The highest BCUT2D eigenvalue weighted by Crippen LogP contribution is 2.18. The van der Waals surface area contributed by atoms with Gasteiger partial charge in [-0.2, -0.15) is 0 Å². The molecule has 0 aromatic rings. The fourth-order valence-corrected chi connectivity index (χ4v) is 9.64. The van der Waals surface area contributed by atoms with E-state index in [-0.39, 0.29) is 31.1 Å². The van der Waals surface area contributed by atoms with Crippen LogP contribution in [0.15, 0.2) is 36.5 Å². The maximum atomic E-state index is 12.9. The molecule has 0 rings (SSSR count). The molecule has 0 radical (unpaired) electrons. The van der Waals surface area contributed by atoms with E-state index >= 15 is 0 Å². The summed E-state index contributed by atoms with van der Waals surface area (Å²) in [5, 5.41) is 0. The van der Waals surface area contributed by atoms with Crippen molar-refractivity contribution < 1.29 is 28.6 Å². The predicted octanol–water partition coefficient (Wildman–Crippen LogP) is 21.6. The van der Waals surface area contributed by atoms with Crippen molar-refractivity contribution >= 4 is 17.9 Å². The van der Waals surface area contributed by atoms with Crippen LogP contribution in [0.4, 0.5) is 0 Å². The second-order valence-electron chi connectivity index (χ2n) is 21.7. The van der Waals surface area contributed by atoms with Gasteiger partial charge in [-0.25, -0.2) is 0 Å². The van der Waals surface area contributed by atoms with Crippen molar-refractivity contribution in [3.63, 3.8) is 0 Å². The molecule has 0 amide bonds. The molecule has 0 saturated heterocycles. The topological polar surface area (TPSA) is 78.9 Å². The third kappa shape index (κ3) is 58.5. The molecule has 1 atom stereocenters. The van der Waals surface area contributed by atoms with Gasteiger partial charge in [0.25, 0.3) is 0 Å². The number of allylic oxidation sites excluding steroid dienone is 6. The van der Waals surface area contributed by atoms with Crippen LogP contribution in [-0.4, -0.2) is 37.2 Å². The lowest BCUT2D eigenvalue weighted by atomic mass is 10.0. The molecule has 6 nitrogen and oxygen atoms in total. The van der Waals surface area contributed by atoms with Gasteiger partial charge >= 0.3 is 17.9 Å². The van der Waals surface area contributed by atoms with Crippen LogP contribution < -0.4 is 0 Å². The average Bonchev–Trinajstić information content (AvgIpc) is 3.38. The van der Waals surface area contributed by atoms with Gasteiger partial charge in [0.15, 0.2) is 6.10 Å². The van der Waals surface area contributed by atoms with Crippen molar-refractivity contribution in [1.82, 2.24) is 0 Å². The van der Waals surface area contributed by atoms with Gasteiger partial charge < -0.3 is 14.2 Å². The number of unbranched alkanes of at least 4 members (excludes halogenated alkanes) is 42. The normalized spacial score (nSPS) is 12.2. The fraction of sp³-hybridized carbons (Fsp3) is 0.864. The highest BCUT2D eigenvalue weighted by atomic mass is 16.6. The second-order valence-corrected chi connectivity index (χ2v) is 21.7. The highest BCUT2D eigenvalue weighted by molar-refractivity contribution is 5.71. The molecule has 0 fully saturated rings. The molecule has 0 bridgehead atoms. The molecule has 0 spiro atoms. The van der Waals surface area contributed by atoms with E-state index in [2.05, 4.69) is 57.2 Å². The van der Waals surface area contributed by atoms with Crippen LogP contribution in [0, 0.1) is 0 Å². The number of carbonyl (C=O) groups is 3. The van der Waals surface area contributed by atoms with Crippen molar-refractivity contribution in [2.75, 3.05) is 13.2 Å². The van der Waals surface area contributed by atoms with Crippen LogP contribution >= 0.6 is 0 Å². The Kier molecular flexibility index (Phi) is 59.2. The molecule has 72 heavy (non-hydrogen) atoms. The largest absolute Gasteiger partial charge is 0.462 e. The molecule has 1 unspecified atom stereocenters. The minimum absolute atomic E-state index is 0.0761. The summed E-state index contributed by atoms with van der Waals surface area (Å²) in [5.74, 6) is -0.881. The number of carbonyl (C=O) groups excluding carboxylic acids is 3. The molecule has 422 valence electrons. The third-order valence-corrected chi connectivity index (χ3v) is 14.4. The number of rotatable bonds is 59. The Labute approximate surface area is 448 Å². The van der Waals surface area contributed by atoms with Crippen LogP contribution in [0.25, 0.3) is 0 Å². The molecule has 0 aromatic carbocycles. The third-order valence-electron chi connectivity index (χ3n) is 14.4. The van der Waals surface area contributed by atoms with Crippen LogP contribution in [0.5, 0.6) is 0 Å². The first-order valence-corrected chi connectivity index (χ1v) is 32.0. The van der Waals surface area contributed by atoms with E-state index in [4.69, 9.17) is 14.2 Å². The van der Waals surface area contributed by atoms with Gasteiger partial charge in [0.2, 0.25) is 0 Å². The van der Waals surface area contributed by atoms with Crippen LogP contribution in [-0.2, 0) is 28.6 Å². The van der Waals surface area contributed by atoms with Gasteiger partial charge in [-0.3, -0.25) is 14.4 Å². The summed E-state index contributed by atoms with van der Waals surface area (Å²) in [4.78, 5) is 38.3. The Morgan fingerprint density at radius 3 is 0.847 bits per heavy atom. The van der Waals surface area contributed by atoms with E-state index in [1.807, 2.05) is 0 Å². The predicted molar refractivity (Wildman–Crippen MR) is 312 cm³/mol. The molecular formula is C66H122O6. The van der Waals surface area contributed by atoms with Crippen molar-refractivity contribution in [1.29, 1.82) is 0 Å². The van der Waals surface area contributed by atoms with Gasteiger partial charge in [-0.1, -0.05) is 314 Å². The Balaban J connectivity index is 4.28. The number of ether oxygens (including phenoxy) is 3. The summed E-state index contributed by atoms with van der Waals surface area (Å²) >= 11 is 0. The maximum Gasteiger partial charge on any atom is 0.306 e. The van der Waals surface area contributed by atoms with E-state index in [0.717, 1.165) is 83.5 Å². The fourth-order valence-electron chi connectivity index (χ4n) is 9.64. The average molecular weight is 1010 g/mol. The van der Waals surface area contributed by atoms with E-state index in [1.54, 1.807) is 0 Å². The van der Waals surface area contributed by atoms with Crippen molar-refractivity contribution in [2.24, 2.45) is 0 Å². The van der Waals surface area contributed by atoms with E-state index in [1.165, 1.54) is 225 Å². The van der Waals surface area contributed by atoms with Gasteiger partial charge in [-0.05, 0) is 51.4 Å². The minimum Gasteiger partial charge on any atom is -0.462 e. The molecule has 0 saturated carbocycles. The summed E-state index contributed by atoms with van der Waals surface area (Å²) in [6.45, 7) is 6.57. The Morgan fingerprint density at radius 1 is 0.292 bits per heavy atom. The zero-order valence-corrected chi connectivity index (χ0v) is 48.5. The van der Waals surface area contributed by atoms with E-state index in [0.29, 0.717) is 19.3 Å². The lowest BCUT2D eigenvalue weighted by Gasteiger charge is -2.18. The first kappa shape index (κ1) is 69.6. The zero-order chi connectivity index (χ0) is 52.2. The zero-order valence-electron chi connectivity index (χ0n) is 48.5. The molecule has 0 N–H and O–H groups in total. The molecule has 0 aromatic heterocycles. The monoisotopic (exact) mass is 1010 g/mol. The smallest absolute Gasteiger partial charge is 0.306 e. The standard InChI is InChI=1S/C66H122O6/c1-4-7-10-13-16-19-22-25-27-29-31-33-35-36-38-41-44-47-50-53-56-59-65(68)71-62-63(61-70-64(67)58-55-52-49-46-43-40-24-21-18-15-12-9-6-3)72-66(69)60-57-54-51-48-45-42-39-37-34-32-30-28-26-23-20-17-14-11-8-5-2/h9,12,18,21,40,43,63H,4-8,10-11,13-17,19-20,22-39,41-42,44-62H2,1-3H3/b12-9-,21-18-,43-40-. The summed E-state index contributed by atoms with van der Waals surface area (Å²) in [6.07, 6.45) is 74.5. The molecular weight excluding hydrogens is 889 g/mol. The lowest BCUT2D eigenvalue weighted by Crippen LogP contribution is -2.30. The second kappa shape index (κ2) is 61.2. The number of hydrogen-bond donors (Lipinski definition) is 0. The molecule has 0 aliphatic heterocycles. The van der Waals surface area contributed by atoms with Crippen LogP contribution in [0.3, 0.4) is 0 Å². The SMILES string of the molecule is CC/C=C\C/C=C\C/C=C\CCCCCC(=O)OCC(COC(=O)CCCCCCCCCCCCCCCCCCCCCCC)OC(=O)CCCCCCCCCCCCCCCCCCCCCC. The Morgan fingerprint density at radius 2 is 0.542 bits per heavy atom. The summed E-state index contributed by atoms with van der Waals surface area (Å²) in [7, 11) is 0. The molecule has 0 aliphatic carbocycles. The van der Waals surface area contributed by atoms with Crippen LogP contribution in [0.2, 0.25) is 0 Å². The molecule has 6 heteroatoms.